The summed E-state index contributed by atoms with van der Waals surface area (Å²) >= 11 is 0. The summed E-state index contributed by atoms with van der Waals surface area (Å²) in [6.45, 7) is 9.15. The highest BCUT2D eigenvalue weighted by molar-refractivity contribution is 5.71. The molecule has 4 nitrogen and oxygen atoms in total. The highest BCUT2D eigenvalue weighted by Crippen LogP contribution is 2.27. The Morgan fingerprint density at radius 3 is 2.61 bits per heavy atom. The van der Waals surface area contributed by atoms with Crippen molar-refractivity contribution in [2.45, 2.75) is 52.1 Å². The van der Waals surface area contributed by atoms with Crippen LogP contribution in [0.5, 0.6) is 0 Å². The molecule has 0 aromatic rings. The zero-order chi connectivity index (χ0) is 13.4. The van der Waals surface area contributed by atoms with Gasteiger partial charge in [0.1, 0.15) is 12.2 Å². The molecule has 0 spiro atoms. The Morgan fingerprint density at radius 1 is 1.33 bits per heavy atom. The third-order valence-electron chi connectivity index (χ3n) is 3.66. The molecule has 4 heteroatoms. The highest BCUT2D eigenvalue weighted by atomic mass is 16.6. The lowest BCUT2D eigenvalue weighted by molar-refractivity contribution is -0.665. The Morgan fingerprint density at radius 2 is 2.00 bits per heavy atom. The van der Waals surface area contributed by atoms with E-state index in [2.05, 4.69) is 12.2 Å². The maximum absolute atomic E-state index is 11.7. The van der Waals surface area contributed by atoms with Crippen molar-refractivity contribution in [3.8, 4) is 0 Å². The molecular formula is C14H28NO3+. The van der Waals surface area contributed by atoms with Crippen molar-refractivity contribution in [2.75, 3.05) is 26.3 Å². The van der Waals surface area contributed by atoms with E-state index < -0.39 is 0 Å². The Balaban J connectivity index is 2.27. The topological polar surface area (TPSA) is 52.1 Å². The molecule has 0 aliphatic carbocycles. The van der Waals surface area contributed by atoms with Gasteiger partial charge in [0, 0.05) is 25.4 Å². The normalized spacial score (nSPS) is 17.7. The van der Waals surface area contributed by atoms with E-state index in [1.807, 2.05) is 13.8 Å². The van der Waals surface area contributed by atoms with Gasteiger partial charge in [-0.1, -0.05) is 13.3 Å². The van der Waals surface area contributed by atoms with Crippen molar-refractivity contribution in [1.29, 1.82) is 0 Å². The first-order valence-corrected chi connectivity index (χ1v) is 7.17. The first-order valence-electron chi connectivity index (χ1n) is 7.17. The molecule has 0 unspecified atom stereocenters. The number of hydrogen-bond acceptors (Lipinski definition) is 3. The zero-order valence-electron chi connectivity index (χ0n) is 12.0. The van der Waals surface area contributed by atoms with Crippen LogP contribution in [0.1, 0.15) is 46.5 Å². The van der Waals surface area contributed by atoms with Crippen molar-refractivity contribution in [3.63, 3.8) is 0 Å². The minimum atomic E-state index is -0.362. The maximum Gasteiger partial charge on any atom is 0.332 e. The Kier molecular flexibility index (Phi) is 6.65. The summed E-state index contributed by atoms with van der Waals surface area (Å²) < 4.78 is 10.9. The molecule has 0 aromatic carbocycles. The van der Waals surface area contributed by atoms with E-state index in [9.17, 15) is 4.79 Å². The van der Waals surface area contributed by atoms with Gasteiger partial charge in [0.25, 0.3) is 0 Å². The summed E-state index contributed by atoms with van der Waals surface area (Å²) in [4.78, 5) is 11.7. The lowest BCUT2D eigenvalue weighted by Gasteiger charge is -2.35. The number of nitrogens with two attached hydrogens (primary N) is 1. The number of esters is 1. The van der Waals surface area contributed by atoms with E-state index in [0.717, 1.165) is 38.8 Å². The molecule has 1 saturated heterocycles. The van der Waals surface area contributed by atoms with Gasteiger partial charge in [-0.15, -0.1) is 0 Å². The molecule has 0 atom stereocenters. The minimum absolute atomic E-state index is 0.0856. The van der Waals surface area contributed by atoms with Crippen molar-refractivity contribution in [2.24, 2.45) is 5.92 Å². The molecule has 0 amide bonds. The lowest BCUT2D eigenvalue weighted by atomic mass is 9.83. The second kappa shape index (κ2) is 7.74. The molecule has 0 aromatic heterocycles. The summed E-state index contributed by atoms with van der Waals surface area (Å²) in [5.41, 5.74) is -0.362. The van der Waals surface area contributed by atoms with Gasteiger partial charge in [0.2, 0.25) is 0 Å². The average Bonchev–Trinajstić information content (AvgIpc) is 2.35. The monoisotopic (exact) mass is 258 g/mol. The van der Waals surface area contributed by atoms with E-state index in [0.29, 0.717) is 12.5 Å². The molecule has 1 aliphatic heterocycles. The molecule has 1 aliphatic rings. The fraction of sp³-hybridized carbons (Fsp3) is 0.929. The first-order chi connectivity index (χ1) is 8.56. The Hall–Kier alpha value is -0.610. The van der Waals surface area contributed by atoms with Gasteiger partial charge in [-0.3, -0.25) is 0 Å². The molecule has 106 valence electrons. The average molecular weight is 258 g/mol. The predicted octanol–water partition coefficient (Wildman–Crippen LogP) is 1.10. The number of quaternary nitrogens is 1. The van der Waals surface area contributed by atoms with E-state index in [1.54, 1.807) is 0 Å². The summed E-state index contributed by atoms with van der Waals surface area (Å²) in [6, 6.07) is 0. The number of carbonyl (C=O) groups is 1. The molecule has 1 heterocycles. The molecule has 0 bridgehead atoms. The standard InChI is InChI=1S/C14H27NO3/c1-4-5-10-17-11-13(16)18-14(2,3)12-6-8-15-9-7-12/h12,15H,4-11H2,1-3H3/p+1. The van der Waals surface area contributed by atoms with Crippen molar-refractivity contribution >= 4 is 5.97 Å². The number of rotatable bonds is 7. The van der Waals surface area contributed by atoms with Gasteiger partial charge in [-0.25, -0.2) is 4.79 Å². The zero-order valence-corrected chi connectivity index (χ0v) is 12.0. The van der Waals surface area contributed by atoms with Gasteiger partial charge >= 0.3 is 5.97 Å². The van der Waals surface area contributed by atoms with Gasteiger partial charge in [0.05, 0.1) is 13.1 Å². The van der Waals surface area contributed by atoms with E-state index >= 15 is 0 Å². The lowest BCUT2D eigenvalue weighted by Crippen LogP contribution is -2.86. The van der Waals surface area contributed by atoms with Gasteiger partial charge in [0.15, 0.2) is 0 Å². The quantitative estimate of drug-likeness (QED) is 0.549. The molecular weight excluding hydrogens is 230 g/mol. The largest absolute Gasteiger partial charge is 0.458 e. The molecule has 1 fully saturated rings. The first kappa shape index (κ1) is 15.4. The summed E-state index contributed by atoms with van der Waals surface area (Å²) in [6.07, 6.45) is 4.32. The minimum Gasteiger partial charge on any atom is -0.458 e. The van der Waals surface area contributed by atoms with Crippen molar-refractivity contribution in [1.82, 2.24) is 0 Å². The SMILES string of the molecule is CCCCOCC(=O)OC(C)(C)C1CC[NH2+]CC1. The van der Waals surface area contributed by atoms with Gasteiger partial charge in [-0.2, -0.15) is 0 Å². The third kappa shape index (κ3) is 5.36. The fourth-order valence-electron chi connectivity index (χ4n) is 2.43. The number of piperidine rings is 1. The van der Waals surface area contributed by atoms with Crippen molar-refractivity contribution in [3.05, 3.63) is 0 Å². The van der Waals surface area contributed by atoms with Crippen LogP contribution in [-0.2, 0) is 14.3 Å². The van der Waals surface area contributed by atoms with Crippen LogP contribution in [0.4, 0.5) is 0 Å². The summed E-state index contributed by atoms with van der Waals surface area (Å²) in [7, 11) is 0. The smallest absolute Gasteiger partial charge is 0.332 e. The molecule has 1 rings (SSSR count). The van der Waals surface area contributed by atoms with E-state index in [1.165, 1.54) is 0 Å². The van der Waals surface area contributed by atoms with Crippen LogP contribution in [0.2, 0.25) is 0 Å². The third-order valence-corrected chi connectivity index (χ3v) is 3.66. The fourth-order valence-corrected chi connectivity index (χ4v) is 2.43. The van der Waals surface area contributed by atoms with Crippen molar-refractivity contribution < 1.29 is 19.6 Å². The number of hydrogen-bond donors (Lipinski definition) is 1. The highest BCUT2D eigenvalue weighted by Gasteiger charge is 2.35. The van der Waals surface area contributed by atoms with Crippen LogP contribution in [-0.4, -0.2) is 37.9 Å². The van der Waals surface area contributed by atoms with Crippen LogP contribution in [0, 0.1) is 5.92 Å². The van der Waals surface area contributed by atoms with E-state index in [-0.39, 0.29) is 18.2 Å². The number of ether oxygens (including phenoxy) is 2. The van der Waals surface area contributed by atoms with Crippen LogP contribution >= 0.6 is 0 Å². The summed E-state index contributed by atoms with van der Waals surface area (Å²) in [5, 5.41) is 2.32. The molecule has 2 N–H and O–H groups in total. The molecule has 0 saturated carbocycles. The summed E-state index contributed by atoms with van der Waals surface area (Å²) in [5.74, 6) is 0.243. The predicted molar refractivity (Wildman–Crippen MR) is 70.3 cm³/mol. The second-order valence-corrected chi connectivity index (χ2v) is 5.62. The van der Waals surface area contributed by atoms with Crippen LogP contribution in [0.3, 0.4) is 0 Å². The second-order valence-electron chi connectivity index (χ2n) is 5.62. The van der Waals surface area contributed by atoms with Crippen LogP contribution < -0.4 is 5.32 Å². The Labute approximate surface area is 110 Å². The maximum atomic E-state index is 11.7. The van der Waals surface area contributed by atoms with Gasteiger partial charge in [-0.05, 0) is 20.3 Å². The molecule has 0 radical (unpaired) electrons. The van der Waals surface area contributed by atoms with Crippen LogP contribution in [0.25, 0.3) is 0 Å². The Bertz CT molecular complexity index is 247. The molecule has 18 heavy (non-hydrogen) atoms. The van der Waals surface area contributed by atoms with Gasteiger partial charge < -0.3 is 14.8 Å². The van der Waals surface area contributed by atoms with Crippen LogP contribution in [0.15, 0.2) is 0 Å². The number of unbranched alkanes of at least 4 members (excludes halogenated alkanes) is 1. The van der Waals surface area contributed by atoms with E-state index in [4.69, 9.17) is 9.47 Å². The number of carbonyl (C=O) groups excluding carboxylic acids is 1.